The largest absolute Gasteiger partial charge is 0.379 e. The fourth-order valence-electron chi connectivity index (χ4n) is 7.33. The lowest BCUT2D eigenvalue weighted by molar-refractivity contribution is -0.144. The molecule has 9 nitrogen and oxygen atoms in total. The van der Waals surface area contributed by atoms with Gasteiger partial charge in [-0.05, 0) is 66.6 Å². The maximum absolute atomic E-state index is 12.6. The lowest BCUT2D eigenvalue weighted by Crippen LogP contribution is -2.43. The Bertz CT molecular complexity index is 1920. The number of aromatic nitrogens is 2. The van der Waals surface area contributed by atoms with Crippen molar-refractivity contribution in [2.45, 2.75) is 57.8 Å². The van der Waals surface area contributed by atoms with Crippen LogP contribution in [0.5, 0.6) is 0 Å². The number of fused-ring (bicyclic) bond motifs is 2. The van der Waals surface area contributed by atoms with Crippen molar-refractivity contribution in [2.75, 3.05) is 39.4 Å². The predicted octanol–water partition coefficient (Wildman–Crippen LogP) is 4.86. The molecule has 10 heteroatoms. The molecule has 3 heterocycles. The highest BCUT2D eigenvalue weighted by Crippen LogP contribution is 2.33. The van der Waals surface area contributed by atoms with E-state index >= 15 is 0 Å². The third kappa shape index (κ3) is 7.79. The fourth-order valence-corrected chi connectivity index (χ4v) is 7.49. The number of hydrogen-bond acceptors (Lipinski definition) is 6. The second-order valence-corrected chi connectivity index (χ2v) is 13.7. The number of carbonyl (C=O) groups excluding carboxylic acids is 2. The number of primary amides is 1. The quantitative estimate of drug-likeness (QED) is 0.202. The summed E-state index contributed by atoms with van der Waals surface area (Å²) in [6.07, 6.45) is 5.06. The molecule has 0 unspecified atom stereocenters. The van der Waals surface area contributed by atoms with Gasteiger partial charge in [0.2, 0.25) is 0 Å². The van der Waals surface area contributed by atoms with Gasteiger partial charge in [0.25, 0.3) is 0 Å². The average molecular weight is 691 g/mol. The van der Waals surface area contributed by atoms with E-state index < -0.39 is 11.8 Å². The van der Waals surface area contributed by atoms with Crippen LogP contribution in [-0.4, -0.2) is 70.8 Å². The number of halogens is 1. The van der Waals surface area contributed by atoms with Gasteiger partial charge in [-0.1, -0.05) is 65.9 Å². The van der Waals surface area contributed by atoms with Crippen LogP contribution < -0.4 is 11.1 Å². The summed E-state index contributed by atoms with van der Waals surface area (Å²) >= 11 is 6.66. The van der Waals surface area contributed by atoms with Gasteiger partial charge in [-0.3, -0.25) is 19.2 Å². The number of benzene rings is 3. The maximum atomic E-state index is 12.6. The van der Waals surface area contributed by atoms with Crippen molar-refractivity contribution >= 4 is 23.4 Å². The number of nitrogens with zero attached hydrogens (tertiary/aromatic N) is 4. The molecule has 3 N–H and O–H groups in total. The van der Waals surface area contributed by atoms with E-state index in [1.807, 2.05) is 18.2 Å². The molecule has 3 aliphatic rings. The summed E-state index contributed by atoms with van der Waals surface area (Å²) in [6, 6.07) is 23.2. The molecule has 1 saturated heterocycles. The van der Waals surface area contributed by atoms with Crippen molar-refractivity contribution in [3.05, 3.63) is 111 Å². The summed E-state index contributed by atoms with van der Waals surface area (Å²) in [4.78, 5) is 28.3. The van der Waals surface area contributed by atoms with Gasteiger partial charge < -0.3 is 20.7 Å². The van der Waals surface area contributed by atoms with E-state index in [1.165, 1.54) is 28.0 Å². The molecule has 4 aromatic rings. The molecule has 50 heavy (non-hydrogen) atoms. The zero-order valence-corrected chi connectivity index (χ0v) is 29.1. The molecule has 1 atom stereocenters. The van der Waals surface area contributed by atoms with Crippen LogP contribution in [0.4, 0.5) is 0 Å². The Morgan fingerprint density at radius 3 is 2.62 bits per heavy atom. The molecular weight excluding hydrogens is 648 g/mol. The molecule has 1 aromatic heterocycles. The van der Waals surface area contributed by atoms with Gasteiger partial charge in [0.05, 0.1) is 30.5 Å². The highest BCUT2D eigenvalue weighted by Gasteiger charge is 2.30. The van der Waals surface area contributed by atoms with Crippen molar-refractivity contribution in [1.82, 2.24) is 24.9 Å². The van der Waals surface area contributed by atoms with Gasteiger partial charge in [0.1, 0.15) is 0 Å². The molecular formula is C40H43ClN6O3. The van der Waals surface area contributed by atoms with E-state index in [0.29, 0.717) is 29.6 Å². The Morgan fingerprint density at radius 2 is 1.80 bits per heavy atom. The number of rotatable bonds is 8. The lowest BCUT2D eigenvalue weighted by atomic mass is 9.87. The Hall–Kier alpha value is -4.46. The monoisotopic (exact) mass is 690 g/mol. The third-order valence-corrected chi connectivity index (χ3v) is 10.4. The van der Waals surface area contributed by atoms with Crippen LogP contribution in [0.3, 0.4) is 0 Å². The van der Waals surface area contributed by atoms with E-state index in [-0.39, 0.29) is 6.54 Å². The van der Waals surface area contributed by atoms with Crippen LogP contribution in [0.1, 0.15) is 64.4 Å². The number of nitrogens with two attached hydrogens (primary N) is 1. The first kappa shape index (κ1) is 34.0. The molecule has 3 aromatic carbocycles. The summed E-state index contributed by atoms with van der Waals surface area (Å²) in [5.74, 6) is 4.94. The van der Waals surface area contributed by atoms with Crippen LogP contribution in [0.15, 0.2) is 66.7 Å². The molecule has 0 bridgehead atoms. The lowest BCUT2D eigenvalue weighted by Gasteiger charge is -2.27. The van der Waals surface area contributed by atoms with Crippen molar-refractivity contribution in [2.24, 2.45) is 5.73 Å². The highest BCUT2D eigenvalue weighted by atomic mass is 35.5. The zero-order chi connectivity index (χ0) is 34.5. The highest BCUT2D eigenvalue weighted by molar-refractivity contribution is 6.34. The number of carbonyl (C=O) groups is 2. The van der Waals surface area contributed by atoms with Gasteiger partial charge in [-0.2, -0.15) is 5.10 Å². The average Bonchev–Trinajstić information content (AvgIpc) is 3.51. The Morgan fingerprint density at radius 1 is 0.980 bits per heavy atom. The van der Waals surface area contributed by atoms with Crippen molar-refractivity contribution in [1.29, 1.82) is 0 Å². The van der Waals surface area contributed by atoms with E-state index in [2.05, 4.69) is 75.3 Å². The van der Waals surface area contributed by atoms with Gasteiger partial charge in [0, 0.05) is 79.7 Å². The van der Waals surface area contributed by atoms with E-state index in [1.54, 1.807) is 0 Å². The minimum Gasteiger partial charge on any atom is -0.379 e. The first-order chi connectivity index (χ1) is 24.4. The summed E-state index contributed by atoms with van der Waals surface area (Å²) in [5.41, 5.74) is 14.7. The normalized spacial score (nSPS) is 17.4. The van der Waals surface area contributed by atoms with Crippen molar-refractivity contribution in [3.63, 3.8) is 0 Å². The predicted molar refractivity (Wildman–Crippen MR) is 194 cm³/mol. The Kier molecular flexibility index (Phi) is 10.6. The molecule has 0 spiro atoms. The van der Waals surface area contributed by atoms with Gasteiger partial charge in [-0.25, -0.2) is 0 Å². The second kappa shape index (κ2) is 15.6. The molecule has 0 radical (unpaired) electrons. The van der Waals surface area contributed by atoms with Gasteiger partial charge in [-0.15, -0.1) is 0 Å². The molecule has 1 fully saturated rings. The molecule has 0 saturated carbocycles. The van der Waals surface area contributed by atoms with Crippen LogP contribution >= 0.6 is 11.6 Å². The standard InChI is InChI=1S/C40H43ClN6O3/c41-35-16-15-32(25-31(35)14-13-28-9-11-29(12-10-28)26-43-36-8-3-6-30-5-1-2-7-33(30)36)38-34-27-46(40(49)39(42)48)20-17-37(34)47(44-38)19-4-18-45-21-23-50-24-22-45/h1-2,5,7,9-12,15-16,25,36,43H,3-4,6,8,17-24,26-27H2,(H2,42,48)/t36-/m1/s1. The van der Waals surface area contributed by atoms with Crippen molar-refractivity contribution < 1.29 is 14.3 Å². The molecule has 2 aliphatic heterocycles. The number of amides is 2. The number of nitrogens with one attached hydrogen (secondary N) is 1. The summed E-state index contributed by atoms with van der Waals surface area (Å²) in [6.45, 7) is 6.63. The Balaban J connectivity index is 1.07. The topological polar surface area (TPSA) is 106 Å². The molecule has 2 amide bonds. The minimum atomic E-state index is -0.948. The summed E-state index contributed by atoms with van der Waals surface area (Å²) in [7, 11) is 0. The van der Waals surface area contributed by atoms with Gasteiger partial charge >= 0.3 is 11.8 Å². The first-order valence-corrected chi connectivity index (χ1v) is 18.0. The Labute approximate surface area is 298 Å². The number of ether oxygens (including phenoxy) is 1. The summed E-state index contributed by atoms with van der Waals surface area (Å²) < 4.78 is 7.56. The van der Waals surface area contributed by atoms with E-state index in [9.17, 15) is 9.59 Å². The third-order valence-electron chi connectivity index (χ3n) is 10.0. The number of morpholine rings is 1. The number of hydrogen-bond donors (Lipinski definition) is 2. The van der Waals surface area contributed by atoms with Crippen molar-refractivity contribution in [3.8, 4) is 23.1 Å². The van der Waals surface area contributed by atoms with E-state index in [4.69, 9.17) is 27.2 Å². The molecule has 7 rings (SSSR count). The van der Waals surface area contributed by atoms with Crippen LogP contribution in [-0.2, 0) is 46.8 Å². The van der Waals surface area contributed by atoms with Gasteiger partial charge in [0.15, 0.2) is 0 Å². The van der Waals surface area contributed by atoms with Crippen LogP contribution in [0.25, 0.3) is 11.3 Å². The number of aryl methyl sites for hydroxylation is 2. The van der Waals surface area contributed by atoms with E-state index in [0.717, 1.165) is 93.3 Å². The SMILES string of the molecule is NC(=O)C(=O)N1CCc2c(c(-c3ccc(Cl)c(C#Cc4ccc(CN[C@@H]5CCCc6ccccc65)cc4)c3)nn2CCCN2CCOCC2)C1. The van der Waals surface area contributed by atoms with Crippen LogP contribution in [0.2, 0.25) is 5.02 Å². The smallest absolute Gasteiger partial charge is 0.311 e. The molecule has 1 aliphatic carbocycles. The van der Waals surface area contributed by atoms with Crippen LogP contribution in [0, 0.1) is 11.8 Å². The maximum Gasteiger partial charge on any atom is 0.311 e. The zero-order valence-electron chi connectivity index (χ0n) is 28.3. The second-order valence-electron chi connectivity index (χ2n) is 13.3. The minimum absolute atomic E-state index is 0.272. The molecule has 258 valence electrons. The first-order valence-electron chi connectivity index (χ1n) is 17.6. The summed E-state index contributed by atoms with van der Waals surface area (Å²) in [5, 5.41) is 9.37. The fraction of sp³-hybridized carbons (Fsp3) is 0.375.